The number of rotatable bonds is 9. The van der Waals surface area contributed by atoms with E-state index in [-0.39, 0.29) is 30.1 Å². The first-order chi connectivity index (χ1) is 13.5. The van der Waals surface area contributed by atoms with Gasteiger partial charge in [0.1, 0.15) is 22.6 Å². The summed E-state index contributed by atoms with van der Waals surface area (Å²) < 4.78 is 16.1. The largest absolute Gasteiger partial charge is 0.497 e. The van der Waals surface area contributed by atoms with Gasteiger partial charge in [0.15, 0.2) is 5.96 Å². The number of aromatic nitrogens is 1. The van der Waals surface area contributed by atoms with E-state index in [2.05, 4.69) is 25.6 Å². The predicted octanol–water partition coefficient (Wildman–Crippen LogP) is 3.74. The second-order valence-electron chi connectivity index (χ2n) is 6.31. The first-order valence-electron chi connectivity index (χ1n) is 9.12. The monoisotopic (exact) mass is 534 g/mol. The van der Waals surface area contributed by atoms with Crippen molar-refractivity contribution in [1.29, 1.82) is 0 Å². The second-order valence-corrected chi connectivity index (χ2v) is 7.20. The molecule has 1 aromatic carbocycles. The average molecular weight is 534 g/mol. The lowest BCUT2D eigenvalue weighted by atomic mass is 10.1. The van der Waals surface area contributed by atoms with Crippen LogP contribution in [0.15, 0.2) is 28.6 Å². The van der Waals surface area contributed by atoms with E-state index < -0.39 is 0 Å². The van der Waals surface area contributed by atoms with Gasteiger partial charge < -0.3 is 24.4 Å². The van der Waals surface area contributed by atoms with Gasteiger partial charge in [-0.05, 0) is 37.1 Å². The van der Waals surface area contributed by atoms with E-state index in [1.807, 2.05) is 32.2 Å². The van der Waals surface area contributed by atoms with Crippen LogP contribution in [-0.2, 0) is 17.7 Å². The lowest BCUT2D eigenvalue weighted by molar-refractivity contribution is 0.119. The van der Waals surface area contributed by atoms with Crippen LogP contribution in [0.2, 0.25) is 0 Å². The standard InChI is InChI=1S/C20H30N4O3S.HI/c1-14(25-4)19-23-16(13-28-19)12-24(3)20(21-2)22-10-9-15-11-17(26-5)7-8-18(15)27-6;/h7-8,11,13-14H,9-10,12H2,1-6H3,(H,21,22);1H. The Morgan fingerprint density at radius 2 is 2.03 bits per heavy atom. The SMILES string of the molecule is CN=C(NCCc1cc(OC)ccc1OC)N(C)Cc1csc(C(C)OC)n1.I. The van der Waals surface area contributed by atoms with Gasteiger partial charge in [-0.3, -0.25) is 4.99 Å². The molecule has 0 amide bonds. The third-order valence-corrected chi connectivity index (χ3v) is 5.46. The summed E-state index contributed by atoms with van der Waals surface area (Å²) in [7, 11) is 8.82. The average Bonchev–Trinajstić information content (AvgIpc) is 3.18. The molecule has 0 bridgehead atoms. The maximum atomic E-state index is 5.44. The van der Waals surface area contributed by atoms with E-state index >= 15 is 0 Å². The molecule has 2 rings (SSSR count). The van der Waals surface area contributed by atoms with Gasteiger partial charge in [0, 0.05) is 33.1 Å². The number of methoxy groups -OCH3 is 3. The number of thiazole rings is 1. The van der Waals surface area contributed by atoms with Crippen LogP contribution < -0.4 is 14.8 Å². The molecule has 0 aliphatic carbocycles. The summed E-state index contributed by atoms with van der Waals surface area (Å²) in [4.78, 5) is 11.1. The lowest BCUT2D eigenvalue weighted by Gasteiger charge is -2.21. The minimum Gasteiger partial charge on any atom is -0.497 e. The van der Waals surface area contributed by atoms with Gasteiger partial charge in [-0.2, -0.15) is 0 Å². The van der Waals surface area contributed by atoms with E-state index in [1.54, 1.807) is 39.7 Å². The minimum absolute atomic E-state index is 0. The zero-order valence-corrected chi connectivity index (χ0v) is 21.0. The number of nitrogens with zero attached hydrogens (tertiary/aromatic N) is 3. The maximum absolute atomic E-state index is 5.44. The fraction of sp³-hybridized carbons (Fsp3) is 0.500. The number of ether oxygens (including phenoxy) is 3. The Morgan fingerprint density at radius 3 is 2.66 bits per heavy atom. The molecule has 7 nitrogen and oxygen atoms in total. The van der Waals surface area contributed by atoms with E-state index in [0.717, 1.165) is 46.7 Å². The minimum atomic E-state index is 0. The Morgan fingerprint density at radius 1 is 1.28 bits per heavy atom. The molecular weight excluding hydrogens is 503 g/mol. The Labute approximate surface area is 194 Å². The van der Waals surface area contributed by atoms with Crippen LogP contribution in [0.3, 0.4) is 0 Å². The van der Waals surface area contributed by atoms with Crippen LogP contribution >= 0.6 is 35.3 Å². The predicted molar refractivity (Wildman–Crippen MR) is 129 cm³/mol. The van der Waals surface area contributed by atoms with Crippen molar-refractivity contribution in [3.05, 3.63) is 39.8 Å². The Bertz CT molecular complexity index is 785. The van der Waals surface area contributed by atoms with Gasteiger partial charge in [-0.1, -0.05) is 0 Å². The van der Waals surface area contributed by atoms with Gasteiger partial charge in [-0.15, -0.1) is 35.3 Å². The number of nitrogens with one attached hydrogen (secondary N) is 1. The number of benzene rings is 1. The van der Waals surface area contributed by atoms with Gasteiger partial charge in [-0.25, -0.2) is 4.98 Å². The molecule has 1 heterocycles. The fourth-order valence-corrected chi connectivity index (χ4v) is 3.61. The van der Waals surface area contributed by atoms with Crippen LogP contribution in [-0.4, -0.2) is 57.8 Å². The lowest BCUT2D eigenvalue weighted by Crippen LogP contribution is -2.39. The molecule has 2 aromatic rings. The first kappa shape index (κ1) is 25.4. The van der Waals surface area contributed by atoms with Crippen molar-refractivity contribution in [1.82, 2.24) is 15.2 Å². The molecule has 0 saturated heterocycles. The van der Waals surface area contributed by atoms with Gasteiger partial charge in [0.25, 0.3) is 0 Å². The molecule has 1 atom stereocenters. The van der Waals surface area contributed by atoms with E-state index in [4.69, 9.17) is 14.2 Å². The highest BCUT2D eigenvalue weighted by Gasteiger charge is 2.13. The molecule has 162 valence electrons. The summed E-state index contributed by atoms with van der Waals surface area (Å²) >= 11 is 1.62. The molecule has 0 saturated carbocycles. The Hall–Kier alpha value is -1.59. The van der Waals surface area contributed by atoms with Crippen LogP contribution in [0.25, 0.3) is 0 Å². The fourth-order valence-electron chi connectivity index (χ4n) is 2.77. The molecule has 9 heteroatoms. The number of halogens is 1. The van der Waals surface area contributed by atoms with Gasteiger partial charge in [0.2, 0.25) is 0 Å². The van der Waals surface area contributed by atoms with Crippen LogP contribution in [0.1, 0.15) is 29.3 Å². The van der Waals surface area contributed by atoms with E-state index in [9.17, 15) is 0 Å². The highest BCUT2D eigenvalue weighted by atomic mass is 127. The van der Waals surface area contributed by atoms with Crippen molar-refractivity contribution >= 4 is 41.3 Å². The molecule has 1 aromatic heterocycles. The van der Waals surface area contributed by atoms with Crippen molar-refractivity contribution in [2.24, 2.45) is 4.99 Å². The third kappa shape index (κ3) is 7.31. The number of guanidine groups is 1. The molecule has 0 spiro atoms. The summed E-state index contributed by atoms with van der Waals surface area (Å²) in [5.74, 6) is 2.49. The summed E-state index contributed by atoms with van der Waals surface area (Å²) in [5.41, 5.74) is 2.09. The van der Waals surface area contributed by atoms with Crippen molar-refractivity contribution in [3.63, 3.8) is 0 Å². The molecule has 0 radical (unpaired) electrons. The van der Waals surface area contributed by atoms with Gasteiger partial charge >= 0.3 is 0 Å². The van der Waals surface area contributed by atoms with Gasteiger partial charge in [0.05, 0.1) is 26.5 Å². The highest BCUT2D eigenvalue weighted by molar-refractivity contribution is 14.0. The summed E-state index contributed by atoms with van der Waals surface area (Å²) in [6, 6.07) is 5.83. The van der Waals surface area contributed by atoms with Crippen molar-refractivity contribution < 1.29 is 14.2 Å². The Balaban J connectivity index is 0.00000420. The zero-order chi connectivity index (χ0) is 20.5. The van der Waals surface area contributed by atoms with E-state index in [0.29, 0.717) is 6.54 Å². The van der Waals surface area contributed by atoms with Crippen molar-refractivity contribution in [2.45, 2.75) is 26.0 Å². The summed E-state index contributed by atoms with van der Waals surface area (Å²) in [5, 5.41) is 6.45. The molecule has 1 unspecified atom stereocenters. The molecule has 0 aliphatic rings. The topological polar surface area (TPSA) is 68.2 Å². The third-order valence-electron chi connectivity index (χ3n) is 4.41. The van der Waals surface area contributed by atoms with Crippen molar-refractivity contribution in [2.75, 3.05) is 42.0 Å². The molecule has 1 N–H and O–H groups in total. The molecule has 0 aliphatic heterocycles. The molecular formula is C20H31IN4O3S. The molecule has 0 fully saturated rings. The number of hydrogen-bond acceptors (Lipinski definition) is 6. The van der Waals surface area contributed by atoms with E-state index in [1.165, 1.54) is 0 Å². The quantitative estimate of drug-likeness (QED) is 0.301. The summed E-state index contributed by atoms with van der Waals surface area (Å²) in [6.07, 6.45) is 0.804. The van der Waals surface area contributed by atoms with Crippen LogP contribution in [0.4, 0.5) is 0 Å². The maximum Gasteiger partial charge on any atom is 0.193 e. The number of hydrogen-bond donors (Lipinski definition) is 1. The normalized spacial score (nSPS) is 12.1. The zero-order valence-electron chi connectivity index (χ0n) is 17.9. The second kappa shape index (κ2) is 12.9. The van der Waals surface area contributed by atoms with Crippen molar-refractivity contribution in [3.8, 4) is 11.5 Å². The smallest absolute Gasteiger partial charge is 0.193 e. The summed E-state index contributed by atoms with van der Waals surface area (Å²) in [6.45, 7) is 3.40. The molecule has 29 heavy (non-hydrogen) atoms. The first-order valence-corrected chi connectivity index (χ1v) is 10.00. The Kier molecular flexibility index (Phi) is 11.3. The van der Waals surface area contributed by atoms with Crippen LogP contribution in [0, 0.1) is 0 Å². The van der Waals surface area contributed by atoms with Crippen LogP contribution in [0.5, 0.6) is 11.5 Å². The number of aliphatic imine (C=N–C) groups is 1. The highest BCUT2D eigenvalue weighted by Crippen LogP contribution is 2.24.